The molecule has 0 bridgehead atoms. The molecule has 0 radical (unpaired) electrons. The third-order valence-corrected chi connectivity index (χ3v) is 7.40. The highest BCUT2D eigenvalue weighted by Crippen LogP contribution is 2.35. The Bertz CT molecular complexity index is 758. The first-order chi connectivity index (χ1) is 15.2. The summed E-state index contributed by atoms with van der Waals surface area (Å²) in [5.74, 6) is 2.04. The number of methoxy groups -OCH3 is 1. The molecule has 3 fully saturated rings. The van der Waals surface area contributed by atoms with Crippen molar-refractivity contribution >= 4 is 17.5 Å². The molecule has 0 spiro atoms. The lowest BCUT2D eigenvalue weighted by molar-refractivity contribution is -0.138. The highest BCUT2D eigenvalue weighted by molar-refractivity contribution is 5.79. The lowest BCUT2D eigenvalue weighted by atomic mass is 9.78. The van der Waals surface area contributed by atoms with E-state index >= 15 is 0 Å². The number of anilines is 1. The minimum atomic E-state index is 0.182. The van der Waals surface area contributed by atoms with Crippen molar-refractivity contribution in [2.75, 3.05) is 44.7 Å². The molecule has 31 heavy (non-hydrogen) atoms. The highest BCUT2D eigenvalue weighted by atomic mass is 16.5. The van der Waals surface area contributed by atoms with E-state index in [1.165, 1.54) is 32.1 Å². The van der Waals surface area contributed by atoms with Gasteiger partial charge >= 0.3 is 0 Å². The van der Waals surface area contributed by atoms with E-state index in [0.717, 1.165) is 50.6 Å². The molecule has 3 aliphatic rings. The van der Waals surface area contributed by atoms with Crippen LogP contribution in [-0.2, 0) is 9.59 Å². The fraction of sp³-hybridized carbons (Fsp3) is 0.680. The van der Waals surface area contributed by atoms with Gasteiger partial charge in [-0.05, 0) is 50.2 Å². The van der Waals surface area contributed by atoms with Gasteiger partial charge < -0.3 is 19.4 Å². The van der Waals surface area contributed by atoms with Crippen LogP contribution < -0.4 is 9.64 Å². The Labute approximate surface area is 186 Å². The van der Waals surface area contributed by atoms with Crippen LogP contribution in [-0.4, -0.2) is 67.5 Å². The van der Waals surface area contributed by atoms with Gasteiger partial charge in [0.2, 0.25) is 11.8 Å². The number of likely N-dealkylation sites (tertiary alicyclic amines) is 1. The molecule has 4 rings (SSSR count). The number of carbonyl (C=O) groups excluding carboxylic acids is 2. The Morgan fingerprint density at radius 1 is 0.903 bits per heavy atom. The van der Waals surface area contributed by atoms with Crippen LogP contribution in [0.4, 0.5) is 5.69 Å². The lowest BCUT2D eigenvalue weighted by Gasteiger charge is -2.44. The summed E-state index contributed by atoms with van der Waals surface area (Å²) in [6.07, 6.45) is 9.11. The fourth-order valence-corrected chi connectivity index (χ4v) is 5.71. The molecule has 2 saturated heterocycles. The molecule has 2 unspecified atom stereocenters. The van der Waals surface area contributed by atoms with Crippen molar-refractivity contribution in [3.63, 3.8) is 0 Å². The van der Waals surface area contributed by atoms with E-state index in [2.05, 4.69) is 15.9 Å². The standard InChI is InChI=1S/C25H37N3O3/c1-31-23-12-5-4-11-22(23)26-16-18-27(19-17-26)24(29)13-6-14-25(30)28-15-7-9-20-8-2-3-10-21(20)28/h4-5,11-12,20-21H,2-3,6-10,13-19H2,1H3. The van der Waals surface area contributed by atoms with Crippen LogP contribution in [0.5, 0.6) is 5.75 Å². The zero-order valence-corrected chi connectivity index (χ0v) is 18.9. The Hall–Kier alpha value is -2.24. The summed E-state index contributed by atoms with van der Waals surface area (Å²) >= 11 is 0. The second-order valence-corrected chi connectivity index (χ2v) is 9.23. The molecule has 2 aliphatic heterocycles. The van der Waals surface area contributed by atoms with E-state index in [9.17, 15) is 9.59 Å². The predicted molar refractivity (Wildman–Crippen MR) is 122 cm³/mol. The van der Waals surface area contributed by atoms with Crippen LogP contribution in [0, 0.1) is 5.92 Å². The Balaban J connectivity index is 1.20. The number of piperidine rings is 1. The van der Waals surface area contributed by atoms with E-state index in [1.54, 1.807) is 7.11 Å². The number of ether oxygens (including phenoxy) is 1. The van der Waals surface area contributed by atoms with E-state index in [-0.39, 0.29) is 11.8 Å². The molecular formula is C25H37N3O3. The van der Waals surface area contributed by atoms with Crippen molar-refractivity contribution in [2.24, 2.45) is 5.92 Å². The average molecular weight is 428 g/mol. The van der Waals surface area contributed by atoms with Crippen LogP contribution in [0.2, 0.25) is 0 Å². The third-order valence-electron chi connectivity index (χ3n) is 7.40. The van der Waals surface area contributed by atoms with Gasteiger partial charge in [0.1, 0.15) is 5.75 Å². The number of hydrogen-bond donors (Lipinski definition) is 0. The summed E-state index contributed by atoms with van der Waals surface area (Å²) < 4.78 is 5.47. The fourth-order valence-electron chi connectivity index (χ4n) is 5.71. The number of rotatable bonds is 6. The molecule has 2 atom stereocenters. The predicted octanol–water partition coefficient (Wildman–Crippen LogP) is 3.70. The summed E-state index contributed by atoms with van der Waals surface area (Å²) in [5.41, 5.74) is 1.09. The number of para-hydroxylation sites is 2. The van der Waals surface area contributed by atoms with Gasteiger partial charge in [0.05, 0.1) is 12.8 Å². The summed E-state index contributed by atoms with van der Waals surface area (Å²) in [7, 11) is 1.69. The van der Waals surface area contributed by atoms with Crippen molar-refractivity contribution < 1.29 is 14.3 Å². The van der Waals surface area contributed by atoms with Gasteiger partial charge in [-0.2, -0.15) is 0 Å². The second kappa shape index (κ2) is 10.4. The molecular weight excluding hydrogens is 390 g/mol. The molecule has 0 aromatic heterocycles. The number of nitrogens with zero attached hydrogens (tertiary/aromatic N) is 3. The van der Waals surface area contributed by atoms with Crippen molar-refractivity contribution in [3.8, 4) is 5.75 Å². The first-order valence-electron chi connectivity index (χ1n) is 12.1. The number of amides is 2. The Kier molecular flexibility index (Phi) is 7.36. The molecule has 6 heteroatoms. The van der Waals surface area contributed by atoms with Crippen molar-refractivity contribution in [1.29, 1.82) is 0 Å². The molecule has 2 amide bonds. The third kappa shape index (κ3) is 5.16. The number of fused-ring (bicyclic) bond motifs is 1. The Morgan fingerprint density at radius 3 is 2.42 bits per heavy atom. The minimum absolute atomic E-state index is 0.182. The zero-order valence-electron chi connectivity index (χ0n) is 18.9. The molecule has 170 valence electrons. The average Bonchev–Trinajstić information content (AvgIpc) is 2.83. The summed E-state index contributed by atoms with van der Waals surface area (Å²) in [6, 6.07) is 8.50. The monoisotopic (exact) mass is 427 g/mol. The van der Waals surface area contributed by atoms with Gasteiger partial charge in [0.25, 0.3) is 0 Å². The maximum atomic E-state index is 12.9. The molecule has 6 nitrogen and oxygen atoms in total. The topological polar surface area (TPSA) is 53.1 Å². The van der Waals surface area contributed by atoms with Crippen LogP contribution in [0.15, 0.2) is 24.3 Å². The van der Waals surface area contributed by atoms with Gasteiger partial charge in [-0.1, -0.05) is 25.0 Å². The summed E-state index contributed by atoms with van der Waals surface area (Å²) in [5, 5.41) is 0. The lowest BCUT2D eigenvalue weighted by Crippen LogP contribution is -2.50. The number of piperazine rings is 1. The number of hydrogen-bond acceptors (Lipinski definition) is 4. The first kappa shape index (κ1) is 22.0. The smallest absolute Gasteiger partial charge is 0.222 e. The van der Waals surface area contributed by atoms with Gasteiger partial charge in [-0.15, -0.1) is 0 Å². The van der Waals surface area contributed by atoms with Crippen molar-refractivity contribution in [3.05, 3.63) is 24.3 Å². The Morgan fingerprint density at radius 2 is 1.61 bits per heavy atom. The van der Waals surface area contributed by atoms with Crippen LogP contribution >= 0.6 is 0 Å². The quantitative estimate of drug-likeness (QED) is 0.695. The van der Waals surface area contributed by atoms with Gasteiger partial charge in [0, 0.05) is 51.6 Å². The van der Waals surface area contributed by atoms with Crippen LogP contribution in [0.3, 0.4) is 0 Å². The van der Waals surface area contributed by atoms with E-state index in [1.807, 2.05) is 23.1 Å². The largest absolute Gasteiger partial charge is 0.495 e. The van der Waals surface area contributed by atoms with Gasteiger partial charge in [0.15, 0.2) is 0 Å². The first-order valence-corrected chi connectivity index (χ1v) is 12.1. The number of carbonyl (C=O) groups is 2. The number of benzene rings is 1. The highest BCUT2D eigenvalue weighted by Gasteiger charge is 2.35. The van der Waals surface area contributed by atoms with Crippen LogP contribution in [0.25, 0.3) is 0 Å². The van der Waals surface area contributed by atoms with Gasteiger partial charge in [-0.3, -0.25) is 9.59 Å². The molecule has 1 aliphatic carbocycles. The van der Waals surface area contributed by atoms with Crippen molar-refractivity contribution in [1.82, 2.24) is 9.80 Å². The summed E-state index contributed by atoms with van der Waals surface area (Å²) in [4.78, 5) is 32.0. The normalized spacial score (nSPS) is 24.0. The van der Waals surface area contributed by atoms with Gasteiger partial charge in [-0.25, -0.2) is 0 Å². The maximum Gasteiger partial charge on any atom is 0.222 e. The van der Waals surface area contributed by atoms with E-state index in [0.29, 0.717) is 31.2 Å². The molecule has 1 saturated carbocycles. The zero-order chi connectivity index (χ0) is 21.6. The van der Waals surface area contributed by atoms with E-state index in [4.69, 9.17) is 4.74 Å². The molecule has 1 aromatic carbocycles. The molecule has 2 heterocycles. The SMILES string of the molecule is COc1ccccc1N1CCN(C(=O)CCCC(=O)N2CCCC3CCCCC32)CC1. The second-order valence-electron chi connectivity index (χ2n) is 9.23. The molecule has 0 N–H and O–H groups in total. The van der Waals surface area contributed by atoms with Crippen LogP contribution in [0.1, 0.15) is 57.8 Å². The molecule has 1 aromatic rings. The minimum Gasteiger partial charge on any atom is -0.495 e. The van der Waals surface area contributed by atoms with E-state index < -0.39 is 0 Å². The maximum absolute atomic E-state index is 12.9. The van der Waals surface area contributed by atoms with Crippen molar-refractivity contribution in [2.45, 2.75) is 63.8 Å². The summed E-state index contributed by atoms with van der Waals surface area (Å²) in [6.45, 7) is 3.98.